The van der Waals surface area contributed by atoms with Gasteiger partial charge in [-0.3, -0.25) is 0 Å². The molecule has 4 rings (SSSR count). The highest BCUT2D eigenvalue weighted by atomic mass is 19.4. The molecule has 4 aromatic rings. The number of fused-ring (bicyclic) bond motifs is 1. The van der Waals surface area contributed by atoms with Gasteiger partial charge in [0.2, 0.25) is 0 Å². The van der Waals surface area contributed by atoms with Crippen LogP contribution in [0.2, 0.25) is 0 Å². The molecule has 37 heavy (non-hydrogen) atoms. The van der Waals surface area contributed by atoms with Crippen molar-refractivity contribution in [2.75, 3.05) is 11.9 Å². The first kappa shape index (κ1) is 26.3. The zero-order valence-corrected chi connectivity index (χ0v) is 20.4. The zero-order chi connectivity index (χ0) is 27.2. The van der Waals surface area contributed by atoms with Crippen molar-refractivity contribution in [1.29, 1.82) is 0 Å². The van der Waals surface area contributed by atoms with E-state index in [1.54, 1.807) is 29.8 Å². The molecule has 0 aliphatic carbocycles. The predicted octanol–water partition coefficient (Wildman–Crippen LogP) is 5.96. The Morgan fingerprint density at radius 1 is 1.00 bits per heavy atom. The number of aryl methyl sites for hydroxylation is 1. The van der Waals surface area contributed by atoms with Gasteiger partial charge in [-0.15, -0.1) is 0 Å². The van der Waals surface area contributed by atoms with Crippen LogP contribution in [0.4, 0.5) is 23.2 Å². The summed E-state index contributed by atoms with van der Waals surface area (Å²) in [5, 5.41) is 38.5. The fraction of sp³-hybridized carbons (Fsp3) is 0.296. The Bertz CT molecular complexity index is 1450. The van der Waals surface area contributed by atoms with Crippen LogP contribution in [0.3, 0.4) is 0 Å². The summed E-state index contributed by atoms with van der Waals surface area (Å²) in [6.07, 6.45) is -4.39. The summed E-state index contributed by atoms with van der Waals surface area (Å²) in [5.41, 5.74) is -2.47. The van der Waals surface area contributed by atoms with E-state index in [0.29, 0.717) is 22.3 Å². The van der Waals surface area contributed by atoms with Crippen molar-refractivity contribution < 1.29 is 32.9 Å². The van der Waals surface area contributed by atoms with E-state index in [4.69, 9.17) is 0 Å². The monoisotopic (exact) mass is 517 g/mol. The highest BCUT2D eigenvalue weighted by molar-refractivity contribution is 5.93. The topological polar surface area (TPSA) is 90.5 Å². The lowest BCUT2D eigenvalue weighted by Gasteiger charge is -2.38. The number of nitrogens with one attached hydrogen (secondary N) is 1. The molecule has 0 spiro atoms. The number of phenolic OH excluding ortho intramolecular Hbond substituents is 2. The van der Waals surface area contributed by atoms with E-state index in [-0.39, 0.29) is 17.1 Å². The van der Waals surface area contributed by atoms with Crippen molar-refractivity contribution in [2.24, 2.45) is 0 Å². The first-order chi connectivity index (χ1) is 17.2. The molecular formula is C27H27F4N3O3. The summed E-state index contributed by atoms with van der Waals surface area (Å²) in [5.74, 6) is -1.03. The minimum Gasteiger partial charge on any atom is -0.508 e. The molecule has 10 heteroatoms. The van der Waals surface area contributed by atoms with Gasteiger partial charge in [0.15, 0.2) is 5.60 Å². The number of aromatic nitrogens is 2. The van der Waals surface area contributed by atoms with Crippen LogP contribution in [-0.4, -0.2) is 43.4 Å². The van der Waals surface area contributed by atoms with Gasteiger partial charge in [0.25, 0.3) is 0 Å². The molecule has 0 saturated carbocycles. The van der Waals surface area contributed by atoms with Crippen molar-refractivity contribution in [2.45, 2.75) is 44.4 Å². The van der Waals surface area contributed by atoms with E-state index >= 15 is 0 Å². The molecule has 0 bridgehead atoms. The van der Waals surface area contributed by atoms with Gasteiger partial charge in [-0.25, -0.2) is 9.07 Å². The molecule has 1 aromatic heterocycles. The van der Waals surface area contributed by atoms with Crippen LogP contribution in [0.15, 0.2) is 60.8 Å². The first-order valence-electron chi connectivity index (χ1n) is 11.5. The van der Waals surface area contributed by atoms with E-state index in [1.165, 1.54) is 32.2 Å². The minimum absolute atomic E-state index is 0.0364. The molecule has 0 aliphatic heterocycles. The Morgan fingerprint density at radius 3 is 2.41 bits per heavy atom. The molecule has 3 aromatic carbocycles. The lowest BCUT2D eigenvalue weighted by molar-refractivity contribution is -0.260. The number of hydrogen-bond acceptors (Lipinski definition) is 5. The summed E-state index contributed by atoms with van der Waals surface area (Å²) in [6.45, 7) is 3.69. The average molecular weight is 518 g/mol. The first-order valence-corrected chi connectivity index (χ1v) is 11.5. The van der Waals surface area contributed by atoms with Gasteiger partial charge < -0.3 is 20.6 Å². The van der Waals surface area contributed by atoms with E-state index in [0.717, 1.165) is 23.8 Å². The normalized spacial score (nSPS) is 14.1. The Labute approximate surface area is 210 Å². The lowest BCUT2D eigenvalue weighted by Crippen LogP contribution is -2.53. The molecule has 4 N–H and O–H groups in total. The van der Waals surface area contributed by atoms with Crippen LogP contribution in [0.1, 0.15) is 31.4 Å². The Kier molecular flexibility index (Phi) is 6.58. The van der Waals surface area contributed by atoms with Crippen molar-refractivity contribution >= 4 is 16.6 Å². The molecular weight excluding hydrogens is 490 g/mol. The Balaban J connectivity index is 1.68. The van der Waals surface area contributed by atoms with Crippen LogP contribution < -0.4 is 5.32 Å². The van der Waals surface area contributed by atoms with E-state index < -0.39 is 36.0 Å². The molecule has 0 saturated heterocycles. The molecule has 0 radical (unpaired) electrons. The number of anilines is 1. The minimum atomic E-state index is -5.03. The fourth-order valence-corrected chi connectivity index (χ4v) is 4.62. The zero-order valence-electron chi connectivity index (χ0n) is 20.4. The van der Waals surface area contributed by atoms with Gasteiger partial charge >= 0.3 is 6.18 Å². The highest BCUT2D eigenvalue weighted by Crippen LogP contribution is 2.44. The third-order valence-corrected chi connectivity index (χ3v) is 6.43. The number of nitrogens with zero attached hydrogens (tertiary/aromatic N) is 2. The van der Waals surface area contributed by atoms with Crippen LogP contribution in [0, 0.1) is 12.7 Å². The summed E-state index contributed by atoms with van der Waals surface area (Å²) in [6, 6.07) is 12.9. The summed E-state index contributed by atoms with van der Waals surface area (Å²) >= 11 is 0. The van der Waals surface area contributed by atoms with Gasteiger partial charge in [0, 0.05) is 22.7 Å². The summed E-state index contributed by atoms with van der Waals surface area (Å²) in [4.78, 5) is 0. The lowest BCUT2D eigenvalue weighted by atomic mass is 9.74. The van der Waals surface area contributed by atoms with Crippen LogP contribution in [0.5, 0.6) is 11.5 Å². The van der Waals surface area contributed by atoms with E-state index in [1.807, 2.05) is 6.07 Å². The maximum atomic E-state index is 14.2. The second-order valence-corrected chi connectivity index (χ2v) is 9.93. The van der Waals surface area contributed by atoms with E-state index in [9.17, 15) is 32.9 Å². The second kappa shape index (κ2) is 9.26. The van der Waals surface area contributed by atoms with Crippen molar-refractivity contribution in [3.63, 3.8) is 0 Å². The van der Waals surface area contributed by atoms with Gasteiger partial charge in [-0.2, -0.15) is 18.3 Å². The average Bonchev–Trinajstić information content (AvgIpc) is 3.22. The van der Waals surface area contributed by atoms with Crippen LogP contribution in [-0.2, 0) is 5.41 Å². The summed E-state index contributed by atoms with van der Waals surface area (Å²) in [7, 11) is 0. The standard InChI is InChI=1S/C27H27F4N3O3/c1-16-9-22(20-13-33-34(23(20)10-16)18-5-4-6-19(35)12-18)32-15-26(37,27(29,30)31)14-25(2,3)21-11-17(28)7-8-24(21)36/h4-13,32,35-37H,14-15H2,1-3H3. The van der Waals surface area contributed by atoms with Crippen LogP contribution >= 0.6 is 0 Å². The Morgan fingerprint density at radius 2 is 1.73 bits per heavy atom. The number of halogens is 4. The maximum absolute atomic E-state index is 14.2. The predicted molar refractivity (Wildman–Crippen MR) is 133 cm³/mol. The molecule has 0 fully saturated rings. The molecule has 1 unspecified atom stereocenters. The highest BCUT2D eigenvalue weighted by Gasteiger charge is 2.56. The largest absolute Gasteiger partial charge is 0.508 e. The SMILES string of the molecule is Cc1cc(NCC(O)(CC(C)(C)c2cc(F)ccc2O)C(F)(F)F)c2cnn(-c3cccc(O)c3)c2c1. The number of aromatic hydroxyl groups is 2. The number of benzene rings is 3. The van der Waals surface area contributed by atoms with Gasteiger partial charge in [-0.1, -0.05) is 19.9 Å². The fourth-order valence-electron chi connectivity index (χ4n) is 4.62. The quantitative estimate of drug-likeness (QED) is 0.227. The summed E-state index contributed by atoms with van der Waals surface area (Å²) < 4.78 is 58.0. The third-order valence-electron chi connectivity index (χ3n) is 6.43. The van der Waals surface area contributed by atoms with Crippen molar-refractivity contribution in [1.82, 2.24) is 9.78 Å². The maximum Gasteiger partial charge on any atom is 0.418 e. The third kappa shape index (κ3) is 5.20. The smallest absolute Gasteiger partial charge is 0.418 e. The number of rotatable bonds is 7. The Hall–Kier alpha value is -3.79. The molecule has 196 valence electrons. The molecule has 1 heterocycles. The second-order valence-electron chi connectivity index (χ2n) is 9.93. The van der Waals surface area contributed by atoms with Gasteiger partial charge in [0.05, 0.1) is 23.9 Å². The number of aliphatic hydroxyl groups is 1. The van der Waals surface area contributed by atoms with E-state index in [2.05, 4.69) is 10.4 Å². The molecule has 1 atom stereocenters. The molecule has 0 amide bonds. The number of alkyl halides is 3. The van der Waals surface area contributed by atoms with Crippen molar-refractivity contribution in [3.8, 4) is 17.2 Å². The van der Waals surface area contributed by atoms with Crippen LogP contribution in [0.25, 0.3) is 16.6 Å². The number of phenols is 2. The van der Waals surface area contributed by atoms with Gasteiger partial charge in [0.1, 0.15) is 17.3 Å². The van der Waals surface area contributed by atoms with Gasteiger partial charge in [-0.05, 0) is 66.8 Å². The number of hydrogen-bond donors (Lipinski definition) is 4. The van der Waals surface area contributed by atoms with Crippen molar-refractivity contribution in [3.05, 3.63) is 77.7 Å². The molecule has 0 aliphatic rings. The molecule has 6 nitrogen and oxygen atoms in total.